The smallest absolute Gasteiger partial charge is 0.245 e. The molecule has 6 heteroatoms. The molecule has 2 unspecified atom stereocenters. The van der Waals surface area contributed by atoms with Crippen LogP contribution >= 0.6 is 0 Å². The largest absolute Gasteiger partial charge is 0.496 e. The van der Waals surface area contributed by atoms with Crippen LogP contribution in [0.2, 0.25) is 0 Å². The van der Waals surface area contributed by atoms with Gasteiger partial charge in [-0.2, -0.15) is 0 Å². The first kappa shape index (κ1) is 19.5. The number of benzene rings is 2. The third kappa shape index (κ3) is 3.72. The van der Waals surface area contributed by atoms with Gasteiger partial charge in [-0.3, -0.25) is 19.4 Å². The molecule has 2 aromatic carbocycles. The van der Waals surface area contributed by atoms with Gasteiger partial charge >= 0.3 is 0 Å². The highest BCUT2D eigenvalue weighted by Crippen LogP contribution is 2.33. The quantitative estimate of drug-likeness (QED) is 0.802. The number of hydrogen-bond donors (Lipinski definition) is 0. The van der Waals surface area contributed by atoms with Gasteiger partial charge < -0.3 is 9.64 Å². The van der Waals surface area contributed by atoms with Gasteiger partial charge in [0.15, 0.2) is 0 Å². The van der Waals surface area contributed by atoms with Crippen molar-refractivity contribution in [3.8, 4) is 5.75 Å². The molecule has 2 saturated heterocycles. The molecule has 2 aliphatic rings. The summed E-state index contributed by atoms with van der Waals surface area (Å²) in [7, 11) is 3.75. The van der Waals surface area contributed by atoms with E-state index in [9.17, 15) is 9.59 Å². The van der Waals surface area contributed by atoms with Crippen molar-refractivity contribution < 1.29 is 14.3 Å². The Morgan fingerprint density at radius 3 is 2.52 bits per heavy atom. The summed E-state index contributed by atoms with van der Waals surface area (Å²) in [5.41, 5.74) is 1.88. The molecule has 0 aliphatic carbocycles. The lowest BCUT2D eigenvalue weighted by molar-refractivity contribution is -0.135. The zero-order chi connectivity index (χ0) is 20.4. The summed E-state index contributed by atoms with van der Waals surface area (Å²) in [5, 5.41) is 0. The SMILES string of the molecule is COc1ccccc1C1CN(C(=O)C2CCC(=O)N2c2ccccc2)CCN1C. The third-order valence-electron chi connectivity index (χ3n) is 5.99. The Kier molecular flexibility index (Phi) is 5.53. The van der Waals surface area contributed by atoms with Crippen LogP contribution < -0.4 is 9.64 Å². The number of hydrogen-bond acceptors (Lipinski definition) is 4. The van der Waals surface area contributed by atoms with Crippen molar-refractivity contribution in [3.63, 3.8) is 0 Å². The van der Waals surface area contributed by atoms with Gasteiger partial charge in [0, 0.05) is 37.3 Å². The number of carbonyl (C=O) groups is 2. The Bertz CT molecular complexity index is 886. The van der Waals surface area contributed by atoms with Gasteiger partial charge in [-0.1, -0.05) is 36.4 Å². The molecular weight excluding hydrogens is 366 g/mol. The molecule has 0 bridgehead atoms. The molecule has 2 atom stereocenters. The van der Waals surface area contributed by atoms with E-state index in [0.29, 0.717) is 25.9 Å². The minimum Gasteiger partial charge on any atom is -0.496 e. The molecular formula is C23H27N3O3. The van der Waals surface area contributed by atoms with E-state index in [1.54, 1.807) is 12.0 Å². The number of likely N-dealkylation sites (N-methyl/N-ethyl adjacent to an activating group) is 1. The molecule has 0 N–H and O–H groups in total. The number of anilines is 1. The average Bonchev–Trinajstić information content (AvgIpc) is 3.15. The summed E-state index contributed by atoms with van der Waals surface area (Å²) >= 11 is 0. The standard InChI is InChI=1S/C23H27N3O3/c1-24-14-15-25(16-20(24)18-10-6-7-11-21(18)29-2)23(28)19-12-13-22(27)26(19)17-8-4-3-5-9-17/h3-11,19-20H,12-16H2,1-2H3. The Morgan fingerprint density at radius 2 is 1.76 bits per heavy atom. The highest BCUT2D eigenvalue weighted by Gasteiger charge is 2.41. The number of piperazine rings is 1. The molecule has 29 heavy (non-hydrogen) atoms. The van der Waals surface area contributed by atoms with Gasteiger partial charge in [-0.25, -0.2) is 0 Å². The first-order valence-corrected chi connectivity index (χ1v) is 10.1. The number of carbonyl (C=O) groups excluding carboxylic acids is 2. The first-order valence-electron chi connectivity index (χ1n) is 10.1. The van der Waals surface area contributed by atoms with Crippen LogP contribution in [0.5, 0.6) is 5.75 Å². The minimum atomic E-state index is -0.424. The number of rotatable bonds is 4. The highest BCUT2D eigenvalue weighted by molar-refractivity contribution is 6.03. The Labute approximate surface area is 171 Å². The van der Waals surface area contributed by atoms with Gasteiger partial charge in [0.1, 0.15) is 11.8 Å². The Hall–Kier alpha value is -2.86. The lowest BCUT2D eigenvalue weighted by Crippen LogP contribution is -2.54. The van der Waals surface area contributed by atoms with Crippen LogP contribution in [0.4, 0.5) is 5.69 Å². The number of methoxy groups -OCH3 is 1. The van der Waals surface area contributed by atoms with Gasteiger partial charge in [-0.15, -0.1) is 0 Å². The number of para-hydroxylation sites is 2. The van der Waals surface area contributed by atoms with Crippen LogP contribution in [0.15, 0.2) is 54.6 Å². The van der Waals surface area contributed by atoms with E-state index >= 15 is 0 Å². The van der Waals surface area contributed by atoms with Crippen molar-refractivity contribution in [1.29, 1.82) is 0 Å². The van der Waals surface area contributed by atoms with Crippen LogP contribution in [-0.4, -0.2) is 61.4 Å². The lowest BCUT2D eigenvalue weighted by Gasteiger charge is -2.41. The lowest BCUT2D eigenvalue weighted by atomic mass is 10.0. The summed E-state index contributed by atoms with van der Waals surface area (Å²) in [6.45, 7) is 2.03. The van der Waals surface area contributed by atoms with Gasteiger partial charge in [-0.05, 0) is 31.7 Å². The van der Waals surface area contributed by atoms with Crippen molar-refractivity contribution in [2.75, 3.05) is 38.7 Å². The second-order valence-corrected chi connectivity index (χ2v) is 7.68. The Balaban J connectivity index is 1.56. The van der Waals surface area contributed by atoms with E-state index in [-0.39, 0.29) is 17.9 Å². The van der Waals surface area contributed by atoms with E-state index in [4.69, 9.17) is 4.74 Å². The van der Waals surface area contributed by atoms with Gasteiger partial charge in [0.25, 0.3) is 0 Å². The number of ether oxygens (including phenoxy) is 1. The molecule has 2 aliphatic heterocycles. The van der Waals surface area contributed by atoms with Gasteiger partial charge in [0.2, 0.25) is 11.8 Å². The molecule has 2 amide bonds. The predicted octanol–water partition coefficient (Wildman–Crippen LogP) is 2.71. The monoisotopic (exact) mass is 393 g/mol. The van der Waals surface area contributed by atoms with Crippen molar-refractivity contribution >= 4 is 17.5 Å². The van der Waals surface area contributed by atoms with E-state index in [0.717, 1.165) is 23.5 Å². The van der Waals surface area contributed by atoms with Gasteiger partial charge in [0.05, 0.1) is 13.2 Å². The molecule has 4 rings (SSSR count). The molecule has 2 aromatic rings. The maximum atomic E-state index is 13.4. The maximum Gasteiger partial charge on any atom is 0.245 e. The molecule has 2 fully saturated rings. The van der Waals surface area contributed by atoms with Crippen LogP contribution in [0.1, 0.15) is 24.4 Å². The summed E-state index contributed by atoms with van der Waals surface area (Å²) in [6.07, 6.45) is 0.979. The molecule has 2 heterocycles. The number of nitrogens with zero attached hydrogens (tertiary/aromatic N) is 3. The summed E-state index contributed by atoms with van der Waals surface area (Å²) in [5.74, 6) is 0.887. The molecule has 0 aromatic heterocycles. The maximum absolute atomic E-state index is 13.4. The van der Waals surface area contributed by atoms with E-state index in [2.05, 4.69) is 18.0 Å². The second kappa shape index (κ2) is 8.25. The number of amides is 2. The van der Waals surface area contributed by atoms with E-state index < -0.39 is 6.04 Å². The Morgan fingerprint density at radius 1 is 1.03 bits per heavy atom. The van der Waals surface area contributed by atoms with Crippen molar-refractivity contribution in [2.45, 2.75) is 24.9 Å². The summed E-state index contributed by atoms with van der Waals surface area (Å²) < 4.78 is 5.55. The fraction of sp³-hybridized carbons (Fsp3) is 0.391. The minimum absolute atomic E-state index is 0.0185. The zero-order valence-electron chi connectivity index (χ0n) is 17.0. The average molecular weight is 393 g/mol. The normalized spacial score (nSPS) is 22.8. The van der Waals surface area contributed by atoms with Crippen LogP contribution in [0, 0.1) is 0 Å². The molecule has 6 nitrogen and oxygen atoms in total. The molecule has 152 valence electrons. The molecule has 0 spiro atoms. The van der Waals surface area contributed by atoms with E-state index in [1.807, 2.05) is 53.4 Å². The fourth-order valence-electron chi connectivity index (χ4n) is 4.39. The topological polar surface area (TPSA) is 53.1 Å². The van der Waals surface area contributed by atoms with E-state index in [1.165, 1.54) is 0 Å². The van der Waals surface area contributed by atoms with Crippen molar-refractivity contribution in [3.05, 3.63) is 60.2 Å². The fourth-order valence-corrected chi connectivity index (χ4v) is 4.39. The van der Waals surface area contributed by atoms with Crippen LogP contribution in [0.3, 0.4) is 0 Å². The highest BCUT2D eigenvalue weighted by atomic mass is 16.5. The van der Waals surface area contributed by atoms with Crippen molar-refractivity contribution in [1.82, 2.24) is 9.80 Å². The summed E-state index contributed by atoms with van der Waals surface area (Å²) in [4.78, 5) is 31.8. The second-order valence-electron chi connectivity index (χ2n) is 7.68. The third-order valence-corrected chi connectivity index (χ3v) is 5.99. The summed E-state index contributed by atoms with van der Waals surface area (Å²) in [6, 6.07) is 17.1. The molecule has 0 saturated carbocycles. The van der Waals surface area contributed by atoms with Crippen LogP contribution in [0.25, 0.3) is 0 Å². The predicted molar refractivity (Wildman–Crippen MR) is 112 cm³/mol. The first-order chi connectivity index (χ1) is 14.1. The molecule has 0 radical (unpaired) electrons. The van der Waals surface area contributed by atoms with Crippen LogP contribution in [-0.2, 0) is 9.59 Å². The zero-order valence-corrected chi connectivity index (χ0v) is 17.0. The van der Waals surface area contributed by atoms with Crippen molar-refractivity contribution in [2.24, 2.45) is 0 Å².